The van der Waals surface area contributed by atoms with Crippen molar-refractivity contribution in [2.75, 3.05) is 29.4 Å². The number of alkyl halides is 1. The van der Waals surface area contributed by atoms with Gasteiger partial charge < -0.3 is 31.7 Å². The van der Waals surface area contributed by atoms with E-state index in [1.165, 1.54) is 6.92 Å². The zero-order chi connectivity index (χ0) is 20.9. The third-order valence-electron chi connectivity index (χ3n) is 3.34. The van der Waals surface area contributed by atoms with E-state index >= 15 is 0 Å². The number of anilines is 1. The number of halogens is 1. The molecule has 0 radical (unpaired) electrons. The summed E-state index contributed by atoms with van der Waals surface area (Å²) in [4.78, 5) is 46.3. The van der Waals surface area contributed by atoms with Gasteiger partial charge in [-0.1, -0.05) is 34.7 Å². The van der Waals surface area contributed by atoms with Gasteiger partial charge in [-0.3, -0.25) is 14.4 Å². The van der Waals surface area contributed by atoms with Crippen LogP contribution >= 0.6 is 22.6 Å². The van der Waals surface area contributed by atoms with E-state index in [0.717, 1.165) is 5.56 Å². The average molecular weight is 505 g/mol. The number of nitrogens with one attached hydrogen (secondary N) is 4. The van der Waals surface area contributed by atoms with Gasteiger partial charge in [-0.2, -0.15) is 0 Å². The number of hydrogen-bond donors (Lipinski definition) is 5. The molecule has 0 bridgehead atoms. The predicted molar refractivity (Wildman–Crippen MR) is 112 cm³/mol. The third-order valence-corrected chi connectivity index (χ3v) is 4.04. The Hall–Kier alpha value is -2.41. The van der Waals surface area contributed by atoms with E-state index in [1.54, 1.807) is 24.3 Å². The van der Waals surface area contributed by atoms with Crippen molar-refractivity contribution in [3.05, 3.63) is 29.8 Å². The Kier molecular flexibility index (Phi) is 10.9. The molecule has 0 spiro atoms. The molecule has 4 amide bonds. The first kappa shape index (κ1) is 23.6. The van der Waals surface area contributed by atoms with Gasteiger partial charge in [0.15, 0.2) is 0 Å². The van der Waals surface area contributed by atoms with Crippen LogP contribution in [0.15, 0.2) is 24.3 Å². The highest BCUT2D eigenvalue weighted by Crippen LogP contribution is 2.11. The highest BCUT2D eigenvalue weighted by molar-refractivity contribution is 14.1. The number of carbonyl (C=O) groups is 4. The summed E-state index contributed by atoms with van der Waals surface area (Å²) in [5.74, 6) is -1.12. The molecule has 1 aromatic rings. The molecule has 0 aliphatic heterocycles. The summed E-state index contributed by atoms with van der Waals surface area (Å²) in [7, 11) is 0. The molecule has 1 aromatic carbocycles. The van der Waals surface area contributed by atoms with Crippen LogP contribution in [0.3, 0.4) is 0 Å². The van der Waals surface area contributed by atoms with Crippen molar-refractivity contribution in [1.82, 2.24) is 16.0 Å². The van der Waals surface area contributed by atoms with Crippen molar-refractivity contribution < 1.29 is 23.9 Å². The summed E-state index contributed by atoms with van der Waals surface area (Å²) in [6, 6.07) is 5.94. The van der Waals surface area contributed by atoms with E-state index < -0.39 is 23.9 Å². The molecule has 154 valence electrons. The number of hydrogen-bond acceptors (Lipinski definition) is 6. The van der Waals surface area contributed by atoms with Gasteiger partial charge in [-0.05, 0) is 24.6 Å². The molecule has 28 heavy (non-hydrogen) atoms. The maximum Gasteiger partial charge on any atom is 0.407 e. The second kappa shape index (κ2) is 12.9. The van der Waals surface area contributed by atoms with E-state index in [9.17, 15) is 19.2 Å². The summed E-state index contributed by atoms with van der Waals surface area (Å²) in [6.07, 6.45) is -0.554. The smallest absolute Gasteiger partial charge is 0.407 e. The standard InChI is InChI=1S/C17H24IN5O5/c1-11(22-15(25)9-21-14(24)8-18)16(26)23-13-4-2-12(3-5-13)10-28-17(27)20-7-6-19/h2-5,11H,6-10,19H2,1H3,(H,20,27)(H,21,24)(H,22,25)(H,23,26)/t11-/m0/s1. The van der Waals surface area contributed by atoms with Gasteiger partial charge in [0, 0.05) is 18.8 Å². The van der Waals surface area contributed by atoms with Crippen LogP contribution < -0.4 is 27.0 Å². The van der Waals surface area contributed by atoms with Crippen molar-refractivity contribution in [2.24, 2.45) is 5.73 Å². The fraction of sp³-hybridized carbons (Fsp3) is 0.412. The van der Waals surface area contributed by atoms with Crippen LogP contribution in [0.25, 0.3) is 0 Å². The topological polar surface area (TPSA) is 152 Å². The fourth-order valence-corrected chi connectivity index (χ4v) is 2.16. The van der Waals surface area contributed by atoms with E-state index in [1.807, 2.05) is 22.6 Å². The number of amides is 4. The van der Waals surface area contributed by atoms with Gasteiger partial charge in [-0.25, -0.2) is 4.79 Å². The number of rotatable bonds is 10. The van der Waals surface area contributed by atoms with E-state index in [-0.39, 0.29) is 23.5 Å². The predicted octanol–water partition coefficient (Wildman–Crippen LogP) is -0.134. The normalized spacial score (nSPS) is 11.1. The molecule has 0 aliphatic rings. The van der Waals surface area contributed by atoms with E-state index in [2.05, 4.69) is 21.3 Å². The first-order valence-corrected chi connectivity index (χ1v) is 10.0. The summed E-state index contributed by atoms with van der Waals surface area (Å²) >= 11 is 1.88. The van der Waals surface area contributed by atoms with Crippen LogP contribution in [0.1, 0.15) is 12.5 Å². The lowest BCUT2D eigenvalue weighted by molar-refractivity contribution is -0.127. The van der Waals surface area contributed by atoms with Crippen LogP contribution in [0.2, 0.25) is 0 Å². The average Bonchev–Trinajstić information content (AvgIpc) is 2.69. The number of nitrogens with two attached hydrogens (primary N) is 1. The maximum atomic E-state index is 12.1. The first-order valence-electron chi connectivity index (χ1n) is 8.48. The molecule has 0 unspecified atom stereocenters. The highest BCUT2D eigenvalue weighted by Gasteiger charge is 2.16. The van der Waals surface area contributed by atoms with E-state index in [0.29, 0.717) is 18.8 Å². The van der Waals surface area contributed by atoms with Crippen LogP contribution in [-0.4, -0.2) is 53.9 Å². The fourth-order valence-electron chi connectivity index (χ4n) is 1.89. The molecular formula is C17H24IN5O5. The second-order valence-corrected chi connectivity index (χ2v) is 6.44. The molecule has 1 rings (SSSR count). The highest BCUT2D eigenvalue weighted by atomic mass is 127. The van der Waals surface area contributed by atoms with Gasteiger partial charge in [-0.15, -0.1) is 0 Å². The second-order valence-electron chi connectivity index (χ2n) is 5.68. The van der Waals surface area contributed by atoms with Crippen molar-refractivity contribution in [2.45, 2.75) is 19.6 Å². The lowest BCUT2D eigenvalue weighted by atomic mass is 10.2. The number of benzene rings is 1. The number of ether oxygens (including phenoxy) is 1. The minimum absolute atomic E-state index is 0.0834. The molecule has 0 fully saturated rings. The van der Waals surface area contributed by atoms with E-state index in [4.69, 9.17) is 10.5 Å². The van der Waals surface area contributed by atoms with Crippen LogP contribution in [-0.2, 0) is 25.7 Å². The zero-order valence-corrected chi connectivity index (χ0v) is 17.6. The summed E-state index contributed by atoms with van der Waals surface area (Å²) < 4.78 is 5.26. The quantitative estimate of drug-likeness (QED) is 0.221. The van der Waals surface area contributed by atoms with Crippen LogP contribution in [0.5, 0.6) is 0 Å². The largest absolute Gasteiger partial charge is 0.445 e. The summed E-state index contributed by atoms with van der Waals surface area (Å²) in [5, 5.41) is 10.1. The van der Waals surface area contributed by atoms with Crippen molar-refractivity contribution >= 4 is 52.1 Å². The summed E-state index contributed by atoms with van der Waals surface area (Å²) in [5.41, 5.74) is 6.55. The van der Waals surface area contributed by atoms with Gasteiger partial charge in [0.2, 0.25) is 17.7 Å². The van der Waals surface area contributed by atoms with Crippen molar-refractivity contribution in [3.63, 3.8) is 0 Å². The number of carbonyl (C=O) groups excluding carboxylic acids is 4. The van der Waals surface area contributed by atoms with Crippen molar-refractivity contribution in [1.29, 1.82) is 0 Å². The van der Waals surface area contributed by atoms with Crippen molar-refractivity contribution in [3.8, 4) is 0 Å². The molecule has 0 heterocycles. The molecular weight excluding hydrogens is 481 g/mol. The van der Waals surface area contributed by atoms with Gasteiger partial charge >= 0.3 is 6.09 Å². The Morgan fingerprint density at radius 2 is 1.79 bits per heavy atom. The Balaban J connectivity index is 2.41. The maximum absolute atomic E-state index is 12.1. The molecule has 0 saturated carbocycles. The minimum atomic E-state index is -0.779. The Morgan fingerprint density at radius 3 is 2.39 bits per heavy atom. The lowest BCUT2D eigenvalue weighted by Crippen LogP contribution is -2.46. The third kappa shape index (κ3) is 9.50. The molecule has 11 heteroatoms. The Labute approximate surface area is 176 Å². The van der Waals surface area contributed by atoms with Gasteiger partial charge in [0.05, 0.1) is 11.0 Å². The first-order chi connectivity index (χ1) is 13.3. The monoisotopic (exact) mass is 505 g/mol. The van der Waals surface area contributed by atoms with Crippen LogP contribution in [0.4, 0.5) is 10.5 Å². The Bertz CT molecular complexity index is 683. The molecule has 10 nitrogen and oxygen atoms in total. The number of alkyl carbamates (subject to hydrolysis) is 1. The van der Waals surface area contributed by atoms with Gasteiger partial charge in [0.1, 0.15) is 12.6 Å². The van der Waals surface area contributed by atoms with Crippen LogP contribution in [0, 0.1) is 0 Å². The zero-order valence-electron chi connectivity index (χ0n) is 15.4. The SMILES string of the molecule is C[C@H](NC(=O)CNC(=O)CI)C(=O)Nc1ccc(COC(=O)NCCN)cc1. The molecule has 0 aromatic heterocycles. The molecule has 0 saturated heterocycles. The summed E-state index contributed by atoms with van der Waals surface area (Å²) in [6.45, 7) is 2.10. The van der Waals surface area contributed by atoms with Gasteiger partial charge in [0.25, 0.3) is 0 Å². The lowest BCUT2D eigenvalue weighted by Gasteiger charge is -2.14. The Morgan fingerprint density at radius 1 is 1.11 bits per heavy atom. The minimum Gasteiger partial charge on any atom is -0.445 e. The molecule has 1 atom stereocenters. The molecule has 0 aliphatic carbocycles. The molecule has 6 N–H and O–H groups in total.